The summed E-state index contributed by atoms with van der Waals surface area (Å²) in [5.41, 5.74) is 0.601. The van der Waals surface area contributed by atoms with Crippen molar-refractivity contribution in [2.75, 3.05) is 0 Å². The highest BCUT2D eigenvalue weighted by atomic mass is 79.9. The molecule has 0 aliphatic carbocycles. The quantitative estimate of drug-likeness (QED) is 0.715. The molecule has 15 heavy (non-hydrogen) atoms. The van der Waals surface area contributed by atoms with Crippen LogP contribution >= 0.6 is 15.9 Å². The first-order valence-electron chi connectivity index (χ1n) is 4.48. The summed E-state index contributed by atoms with van der Waals surface area (Å²) in [4.78, 5) is 11.1. The highest BCUT2D eigenvalue weighted by Gasteiger charge is 2.06. The summed E-state index contributed by atoms with van der Waals surface area (Å²) < 4.78 is 14.0. The minimum absolute atomic E-state index is 0.0137. The van der Waals surface area contributed by atoms with Crippen molar-refractivity contribution in [3.05, 3.63) is 46.2 Å². The topological polar surface area (TPSA) is 17.1 Å². The van der Waals surface area contributed by atoms with Gasteiger partial charge in [-0.3, -0.25) is 4.79 Å². The van der Waals surface area contributed by atoms with E-state index in [0.29, 0.717) is 15.4 Å². The minimum atomic E-state index is -0.289. The lowest BCUT2D eigenvalue weighted by atomic mass is 10.0. The van der Waals surface area contributed by atoms with E-state index in [0.717, 1.165) is 5.39 Å². The van der Waals surface area contributed by atoms with Crippen molar-refractivity contribution in [1.29, 1.82) is 0 Å². The average molecular weight is 267 g/mol. The standard InChI is InChI=1S/C12H8BrFO/c1-7(15)8-2-4-10-9(6-8)3-5-11(13)12(10)14/h2-6H,1H3. The van der Waals surface area contributed by atoms with Crippen LogP contribution in [0.25, 0.3) is 10.8 Å². The minimum Gasteiger partial charge on any atom is -0.295 e. The van der Waals surface area contributed by atoms with Crippen LogP contribution in [0.5, 0.6) is 0 Å². The third-order valence-electron chi connectivity index (χ3n) is 2.31. The van der Waals surface area contributed by atoms with Crippen molar-refractivity contribution >= 4 is 32.5 Å². The van der Waals surface area contributed by atoms with E-state index < -0.39 is 0 Å². The van der Waals surface area contributed by atoms with Gasteiger partial charge >= 0.3 is 0 Å². The Bertz CT molecular complexity index is 549. The van der Waals surface area contributed by atoms with Gasteiger partial charge in [0, 0.05) is 10.9 Å². The Morgan fingerprint density at radius 3 is 2.67 bits per heavy atom. The van der Waals surface area contributed by atoms with Gasteiger partial charge in [-0.05, 0) is 40.4 Å². The fourth-order valence-corrected chi connectivity index (χ4v) is 1.83. The second kappa shape index (κ2) is 3.74. The van der Waals surface area contributed by atoms with Crippen molar-refractivity contribution in [1.82, 2.24) is 0 Å². The van der Waals surface area contributed by atoms with Gasteiger partial charge in [0.2, 0.25) is 0 Å². The van der Waals surface area contributed by atoms with E-state index in [1.165, 1.54) is 6.92 Å². The van der Waals surface area contributed by atoms with E-state index in [1.54, 1.807) is 30.3 Å². The van der Waals surface area contributed by atoms with Gasteiger partial charge < -0.3 is 0 Å². The third-order valence-corrected chi connectivity index (χ3v) is 2.93. The van der Waals surface area contributed by atoms with Gasteiger partial charge in [-0.15, -0.1) is 0 Å². The molecule has 0 aliphatic rings. The molecule has 0 saturated carbocycles. The van der Waals surface area contributed by atoms with E-state index in [9.17, 15) is 9.18 Å². The summed E-state index contributed by atoms with van der Waals surface area (Å²) in [6, 6.07) is 8.40. The molecule has 0 aromatic heterocycles. The molecule has 0 atom stereocenters. The van der Waals surface area contributed by atoms with E-state index >= 15 is 0 Å². The largest absolute Gasteiger partial charge is 0.295 e. The van der Waals surface area contributed by atoms with Crippen molar-refractivity contribution in [3.8, 4) is 0 Å². The van der Waals surface area contributed by atoms with Crippen LogP contribution in [0.4, 0.5) is 4.39 Å². The Balaban J connectivity index is 2.75. The Morgan fingerprint density at radius 1 is 1.27 bits per heavy atom. The number of carbonyl (C=O) groups excluding carboxylic acids is 1. The van der Waals surface area contributed by atoms with Crippen LogP contribution in [-0.2, 0) is 0 Å². The first-order valence-corrected chi connectivity index (χ1v) is 5.27. The van der Waals surface area contributed by atoms with Crippen LogP contribution in [-0.4, -0.2) is 5.78 Å². The molecule has 1 nitrogen and oxygen atoms in total. The van der Waals surface area contributed by atoms with E-state index in [4.69, 9.17) is 0 Å². The molecule has 0 spiro atoms. The first-order chi connectivity index (χ1) is 7.09. The van der Waals surface area contributed by atoms with Gasteiger partial charge in [-0.25, -0.2) is 4.39 Å². The lowest BCUT2D eigenvalue weighted by Gasteiger charge is -2.03. The van der Waals surface area contributed by atoms with Gasteiger partial charge in [0.1, 0.15) is 5.82 Å². The smallest absolute Gasteiger partial charge is 0.159 e. The molecular formula is C12H8BrFO. The maximum absolute atomic E-state index is 13.6. The van der Waals surface area contributed by atoms with Gasteiger partial charge in [-0.2, -0.15) is 0 Å². The number of benzene rings is 2. The summed E-state index contributed by atoms with van der Waals surface area (Å²) in [6.07, 6.45) is 0. The highest BCUT2D eigenvalue weighted by molar-refractivity contribution is 9.10. The molecule has 0 bridgehead atoms. The normalized spacial score (nSPS) is 10.6. The molecule has 0 saturated heterocycles. The second-order valence-electron chi connectivity index (χ2n) is 3.35. The number of rotatable bonds is 1. The highest BCUT2D eigenvalue weighted by Crippen LogP contribution is 2.25. The van der Waals surface area contributed by atoms with E-state index in [2.05, 4.69) is 15.9 Å². The monoisotopic (exact) mass is 266 g/mol. The Morgan fingerprint density at radius 2 is 2.00 bits per heavy atom. The van der Waals surface area contributed by atoms with Crippen molar-refractivity contribution in [2.45, 2.75) is 6.92 Å². The summed E-state index contributed by atoms with van der Waals surface area (Å²) in [7, 11) is 0. The molecular weight excluding hydrogens is 259 g/mol. The number of fused-ring (bicyclic) bond motifs is 1. The van der Waals surface area contributed by atoms with Crippen LogP contribution in [0.15, 0.2) is 34.8 Å². The molecule has 0 fully saturated rings. The van der Waals surface area contributed by atoms with Crippen LogP contribution in [0.3, 0.4) is 0 Å². The van der Waals surface area contributed by atoms with Crippen molar-refractivity contribution in [2.24, 2.45) is 0 Å². The number of ketones is 1. The SMILES string of the molecule is CC(=O)c1ccc2c(F)c(Br)ccc2c1. The molecule has 0 unspecified atom stereocenters. The molecule has 0 aliphatic heterocycles. The summed E-state index contributed by atoms with van der Waals surface area (Å²) in [6.45, 7) is 1.50. The zero-order valence-corrected chi connectivity index (χ0v) is 9.64. The molecule has 0 heterocycles. The summed E-state index contributed by atoms with van der Waals surface area (Å²) in [5, 5.41) is 1.26. The molecule has 0 radical (unpaired) electrons. The van der Waals surface area contributed by atoms with Gasteiger partial charge in [0.05, 0.1) is 4.47 Å². The fourth-order valence-electron chi connectivity index (χ4n) is 1.48. The lowest BCUT2D eigenvalue weighted by Crippen LogP contribution is -1.92. The van der Waals surface area contributed by atoms with Gasteiger partial charge in [0.25, 0.3) is 0 Å². The van der Waals surface area contributed by atoms with E-state index in [1.807, 2.05) is 0 Å². The van der Waals surface area contributed by atoms with Crippen molar-refractivity contribution in [3.63, 3.8) is 0 Å². The molecule has 3 heteroatoms. The molecule has 2 aromatic carbocycles. The molecule has 0 N–H and O–H groups in total. The van der Waals surface area contributed by atoms with Crippen LogP contribution < -0.4 is 0 Å². The Hall–Kier alpha value is -1.22. The molecule has 0 amide bonds. The molecule has 2 rings (SSSR count). The zero-order chi connectivity index (χ0) is 11.0. The average Bonchev–Trinajstić information content (AvgIpc) is 2.23. The first kappa shape index (κ1) is 10.3. The number of Topliss-reactive ketones (excluding diaryl/α,β-unsaturated/α-hetero) is 1. The predicted octanol–water partition coefficient (Wildman–Crippen LogP) is 3.94. The number of halogens is 2. The number of carbonyl (C=O) groups is 1. The summed E-state index contributed by atoms with van der Waals surface area (Å²) >= 11 is 3.12. The fraction of sp³-hybridized carbons (Fsp3) is 0.0833. The van der Waals surface area contributed by atoms with Crippen LogP contribution in [0.1, 0.15) is 17.3 Å². The Kier molecular flexibility index (Phi) is 2.57. The zero-order valence-electron chi connectivity index (χ0n) is 8.05. The Labute approximate surface area is 95.0 Å². The molecule has 76 valence electrons. The number of hydrogen-bond acceptors (Lipinski definition) is 1. The van der Waals surface area contributed by atoms with Crippen LogP contribution in [0.2, 0.25) is 0 Å². The van der Waals surface area contributed by atoms with Gasteiger partial charge in [0.15, 0.2) is 5.78 Å². The van der Waals surface area contributed by atoms with E-state index in [-0.39, 0.29) is 11.6 Å². The maximum atomic E-state index is 13.6. The van der Waals surface area contributed by atoms with Crippen molar-refractivity contribution < 1.29 is 9.18 Å². The molecule has 2 aromatic rings. The van der Waals surface area contributed by atoms with Gasteiger partial charge in [-0.1, -0.05) is 18.2 Å². The summed E-state index contributed by atoms with van der Waals surface area (Å²) in [5.74, 6) is -0.303. The lowest BCUT2D eigenvalue weighted by molar-refractivity contribution is 0.101. The third kappa shape index (κ3) is 1.79. The predicted molar refractivity (Wildman–Crippen MR) is 61.6 cm³/mol. The maximum Gasteiger partial charge on any atom is 0.159 e. The van der Waals surface area contributed by atoms with Crippen LogP contribution in [0, 0.1) is 5.82 Å². The number of hydrogen-bond donors (Lipinski definition) is 0. The second-order valence-corrected chi connectivity index (χ2v) is 4.21.